The predicted octanol–water partition coefficient (Wildman–Crippen LogP) is 4.10. The van der Waals surface area contributed by atoms with Gasteiger partial charge < -0.3 is 14.6 Å². The van der Waals surface area contributed by atoms with E-state index < -0.39 is 0 Å². The normalized spacial score (nSPS) is 15.4. The van der Waals surface area contributed by atoms with Gasteiger partial charge in [-0.05, 0) is 42.7 Å². The van der Waals surface area contributed by atoms with Gasteiger partial charge in [-0.3, -0.25) is 4.98 Å². The van der Waals surface area contributed by atoms with Crippen LogP contribution in [0.2, 0.25) is 0 Å². The van der Waals surface area contributed by atoms with Gasteiger partial charge in [0.15, 0.2) is 0 Å². The van der Waals surface area contributed by atoms with Gasteiger partial charge in [-0.1, -0.05) is 24.3 Å². The lowest BCUT2D eigenvalue weighted by molar-refractivity contribution is 0.414. The Labute approximate surface area is 148 Å². The topological polar surface area (TPSA) is 41.3 Å². The highest BCUT2D eigenvalue weighted by molar-refractivity contribution is 5.57. The first-order valence-corrected chi connectivity index (χ1v) is 8.90. The number of nitrogens with zero attached hydrogens (tertiary/aromatic N) is 2. The molecule has 0 unspecified atom stereocenters. The van der Waals surface area contributed by atoms with Crippen LogP contribution in [-0.4, -0.2) is 24.1 Å². The van der Waals surface area contributed by atoms with Gasteiger partial charge in [-0.2, -0.15) is 0 Å². The summed E-state index contributed by atoms with van der Waals surface area (Å²) in [4.78, 5) is 6.54. The van der Waals surface area contributed by atoms with Crippen LogP contribution < -0.4 is 10.2 Å². The molecule has 0 amide bonds. The lowest BCUT2D eigenvalue weighted by Crippen LogP contribution is -2.42. The van der Waals surface area contributed by atoms with Crippen molar-refractivity contribution in [3.8, 4) is 11.3 Å². The maximum absolute atomic E-state index is 5.44. The molecule has 4 heteroatoms. The van der Waals surface area contributed by atoms with E-state index in [1.165, 1.54) is 24.1 Å². The van der Waals surface area contributed by atoms with Crippen LogP contribution in [0.5, 0.6) is 0 Å². The molecule has 0 aliphatic carbocycles. The van der Waals surface area contributed by atoms with Crippen LogP contribution in [0.25, 0.3) is 11.3 Å². The van der Waals surface area contributed by atoms with Crippen LogP contribution in [0.4, 0.5) is 5.69 Å². The lowest BCUT2D eigenvalue weighted by Gasteiger charge is -2.34. The highest BCUT2D eigenvalue weighted by Crippen LogP contribution is 2.21. The third kappa shape index (κ3) is 3.91. The highest BCUT2D eigenvalue weighted by atomic mass is 16.3. The fourth-order valence-electron chi connectivity index (χ4n) is 3.39. The molecule has 0 saturated carbocycles. The molecule has 128 valence electrons. The van der Waals surface area contributed by atoms with Crippen LogP contribution in [0.1, 0.15) is 18.4 Å². The first-order chi connectivity index (χ1) is 12.4. The Morgan fingerprint density at radius 2 is 1.76 bits per heavy atom. The van der Waals surface area contributed by atoms with Crippen molar-refractivity contribution in [2.24, 2.45) is 0 Å². The predicted molar refractivity (Wildman–Crippen MR) is 100 cm³/mol. The van der Waals surface area contributed by atoms with Crippen LogP contribution in [0.15, 0.2) is 71.6 Å². The van der Waals surface area contributed by atoms with Crippen LogP contribution in [0.3, 0.4) is 0 Å². The first-order valence-electron chi connectivity index (χ1n) is 8.90. The summed E-state index contributed by atoms with van der Waals surface area (Å²) in [6.07, 6.45) is 7.79. The molecule has 0 atom stereocenters. The molecule has 3 heterocycles. The molecule has 0 spiro atoms. The van der Waals surface area contributed by atoms with E-state index in [1.807, 2.05) is 24.5 Å². The van der Waals surface area contributed by atoms with Crippen molar-refractivity contribution in [1.29, 1.82) is 0 Å². The van der Waals surface area contributed by atoms with Crippen LogP contribution in [-0.2, 0) is 6.54 Å². The van der Waals surface area contributed by atoms with E-state index in [-0.39, 0.29) is 0 Å². The molecule has 0 radical (unpaired) electrons. The number of nitrogens with one attached hydrogen (secondary N) is 1. The molecule has 1 saturated heterocycles. The van der Waals surface area contributed by atoms with Gasteiger partial charge in [0.05, 0.1) is 6.26 Å². The Morgan fingerprint density at radius 3 is 2.44 bits per heavy atom. The zero-order chi connectivity index (χ0) is 16.9. The summed E-state index contributed by atoms with van der Waals surface area (Å²) in [6.45, 7) is 3.11. The number of furan rings is 1. The standard InChI is InChI=1S/C21H23N3O/c1-2-21(25-15-1)18-5-3-17(4-6-18)16-23-19-9-13-24(14-10-19)20-7-11-22-12-8-20/h1-8,11-12,15,19,23H,9-10,13-14,16H2. The van der Waals surface area contributed by atoms with Gasteiger partial charge in [0, 0.05) is 49.3 Å². The summed E-state index contributed by atoms with van der Waals surface area (Å²) >= 11 is 0. The summed E-state index contributed by atoms with van der Waals surface area (Å²) < 4.78 is 5.44. The van der Waals surface area contributed by atoms with Gasteiger partial charge in [0.25, 0.3) is 0 Å². The number of piperidine rings is 1. The second-order valence-corrected chi connectivity index (χ2v) is 6.52. The van der Waals surface area contributed by atoms with Gasteiger partial charge in [-0.25, -0.2) is 0 Å². The maximum Gasteiger partial charge on any atom is 0.133 e. The second kappa shape index (κ2) is 7.53. The Kier molecular flexibility index (Phi) is 4.79. The van der Waals surface area contributed by atoms with Gasteiger partial charge in [0.1, 0.15) is 5.76 Å². The summed E-state index contributed by atoms with van der Waals surface area (Å²) in [5.74, 6) is 0.919. The van der Waals surface area contributed by atoms with E-state index in [4.69, 9.17) is 4.42 Å². The van der Waals surface area contributed by atoms with Crippen molar-refractivity contribution in [3.05, 3.63) is 72.8 Å². The Morgan fingerprint density at radius 1 is 1.00 bits per heavy atom. The minimum atomic E-state index is 0.586. The van der Waals surface area contributed by atoms with Gasteiger partial charge in [-0.15, -0.1) is 0 Å². The number of aromatic nitrogens is 1. The fourth-order valence-corrected chi connectivity index (χ4v) is 3.39. The van der Waals surface area contributed by atoms with Crippen molar-refractivity contribution in [2.45, 2.75) is 25.4 Å². The van der Waals surface area contributed by atoms with Crippen molar-refractivity contribution in [3.63, 3.8) is 0 Å². The molecule has 1 aromatic carbocycles. The van der Waals surface area contributed by atoms with E-state index in [2.05, 4.69) is 51.6 Å². The molecular formula is C21H23N3O. The zero-order valence-electron chi connectivity index (χ0n) is 14.3. The number of rotatable bonds is 5. The molecule has 1 aliphatic heterocycles. The highest BCUT2D eigenvalue weighted by Gasteiger charge is 2.18. The van der Waals surface area contributed by atoms with Gasteiger partial charge in [0.2, 0.25) is 0 Å². The summed E-state index contributed by atoms with van der Waals surface area (Å²) in [5.41, 5.74) is 3.72. The molecule has 1 fully saturated rings. The minimum Gasteiger partial charge on any atom is -0.464 e. The number of anilines is 1. The van der Waals surface area contributed by atoms with Gasteiger partial charge >= 0.3 is 0 Å². The largest absolute Gasteiger partial charge is 0.464 e. The van der Waals surface area contributed by atoms with E-state index in [0.29, 0.717) is 6.04 Å². The van der Waals surface area contributed by atoms with Crippen LogP contribution in [0, 0.1) is 0 Å². The minimum absolute atomic E-state index is 0.586. The average molecular weight is 333 g/mol. The fraction of sp³-hybridized carbons (Fsp3) is 0.286. The molecule has 4 rings (SSSR count). The third-order valence-corrected chi connectivity index (χ3v) is 4.88. The maximum atomic E-state index is 5.44. The molecule has 25 heavy (non-hydrogen) atoms. The van der Waals surface area contributed by atoms with E-state index in [9.17, 15) is 0 Å². The molecule has 1 N–H and O–H groups in total. The van der Waals surface area contributed by atoms with E-state index in [0.717, 1.165) is 31.0 Å². The van der Waals surface area contributed by atoms with Crippen molar-refractivity contribution < 1.29 is 4.42 Å². The van der Waals surface area contributed by atoms with Crippen molar-refractivity contribution in [2.75, 3.05) is 18.0 Å². The Bertz CT molecular complexity index is 761. The zero-order valence-corrected chi connectivity index (χ0v) is 14.3. The Hall–Kier alpha value is -2.59. The van der Waals surface area contributed by atoms with Crippen molar-refractivity contribution >= 4 is 5.69 Å². The van der Waals surface area contributed by atoms with Crippen molar-refractivity contribution in [1.82, 2.24) is 10.3 Å². The summed E-state index contributed by atoms with van der Waals surface area (Å²) in [6, 6.07) is 17.3. The number of hydrogen-bond donors (Lipinski definition) is 1. The molecule has 3 aromatic rings. The molecule has 1 aliphatic rings. The SMILES string of the molecule is c1coc(-c2ccc(CNC3CCN(c4ccncc4)CC3)cc2)c1. The van der Waals surface area contributed by atoms with Crippen LogP contribution >= 0.6 is 0 Å². The molecule has 2 aromatic heterocycles. The van der Waals surface area contributed by atoms with E-state index >= 15 is 0 Å². The lowest BCUT2D eigenvalue weighted by atomic mass is 10.0. The molecule has 0 bridgehead atoms. The third-order valence-electron chi connectivity index (χ3n) is 4.88. The number of pyridine rings is 1. The number of hydrogen-bond acceptors (Lipinski definition) is 4. The number of benzene rings is 1. The average Bonchev–Trinajstić information content (AvgIpc) is 3.23. The quantitative estimate of drug-likeness (QED) is 0.763. The molecular weight excluding hydrogens is 310 g/mol. The first kappa shape index (κ1) is 15.9. The Balaban J connectivity index is 1.27. The monoisotopic (exact) mass is 333 g/mol. The van der Waals surface area contributed by atoms with E-state index in [1.54, 1.807) is 6.26 Å². The second-order valence-electron chi connectivity index (χ2n) is 6.52. The molecule has 4 nitrogen and oxygen atoms in total. The summed E-state index contributed by atoms with van der Waals surface area (Å²) in [7, 11) is 0. The summed E-state index contributed by atoms with van der Waals surface area (Å²) in [5, 5.41) is 3.70. The smallest absolute Gasteiger partial charge is 0.133 e.